The van der Waals surface area contributed by atoms with E-state index in [0.29, 0.717) is 5.41 Å². The first-order valence-electron chi connectivity index (χ1n) is 7.02. The van der Waals surface area contributed by atoms with Gasteiger partial charge < -0.3 is 5.32 Å². The van der Waals surface area contributed by atoms with Gasteiger partial charge in [-0.05, 0) is 77.5 Å². The predicted octanol–water partition coefficient (Wildman–Crippen LogP) is 3.41. The van der Waals surface area contributed by atoms with Crippen LogP contribution in [-0.4, -0.2) is 18.1 Å². The van der Waals surface area contributed by atoms with Crippen LogP contribution in [0.25, 0.3) is 0 Å². The average Bonchev–Trinajstić information content (AvgIpc) is 2.98. The minimum Gasteiger partial charge on any atom is -0.316 e. The molecule has 2 aliphatic carbocycles. The molecule has 0 aliphatic heterocycles. The van der Waals surface area contributed by atoms with Crippen molar-refractivity contribution in [3.8, 4) is 0 Å². The molecule has 0 bridgehead atoms. The fraction of sp³-hybridized carbons (Fsp3) is 0.667. The lowest BCUT2D eigenvalue weighted by Gasteiger charge is -2.31. The molecular weight excluding hydrogens is 288 g/mol. The summed E-state index contributed by atoms with van der Waals surface area (Å²) in [6, 6.07) is 4.28. The van der Waals surface area contributed by atoms with Gasteiger partial charge in [0.15, 0.2) is 0 Å². The van der Waals surface area contributed by atoms with Crippen molar-refractivity contribution >= 4 is 15.9 Å². The largest absolute Gasteiger partial charge is 0.316 e. The topological polar surface area (TPSA) is 24.9 Å². The van der Waals surface area contributed by atoms with Crippen molar-refractivity contribution in [2.75, 3.05) is 13.1 Å². The van der Waals surface area contributed by atoms with Gasteiger partial charge in [-0.3, -0.25) is 4.98 Å². The number of halogens is 1. The molecule has 18 heavy (non-hydrogen) atoms. The fourth-order valence-corrected chi connectivity index (χ4v) is 3.88. The van der Waals surface area contributed by atoms with Crippen LogP contribution in [0.5, 0.6) is 0 Å². The van der Waals surface area contributed by atoms with Crippen LogP contribution in [0.1, 0.15) is 31.9 Å². The third-order valence-electron chi connectivity index (χ3n) is 4.55. The minimum absolute atomic E-state index is 0.477. The molecule has 2 fully saturated rings. The van der Waals surface area contributed by atoms with Gasteiger partial charge in [-0.25, -0.2) is 0 Å². The van der Waals surface area contributed by atoms with Crippen molar-refractivity contribution in [2.45, 2.75) is 32.6 Å². The third-order valence-corrected chi connectivity index (χ3v) is 5.02. The zero-order valence-electron chi connectivity index (χ0n) is 11.0. The molecule has 2 atom stereocenters. The number of nitrogens with zero attached hydrogens (tertiary/aromatic N) is 1. The molecule has 0 spiro atoms. The Balaban J connectivity index is 1.71. The Hall–Kier alpha value is -0.410. The van der Waals surface area contributed by atoms with E-state index in [9.17, 15) is 0 Å². The lowest BCUT2D eigenvalue weighted by molar-refractivity contribution is 0.248. The molecule has 2 unspecified atom stereocenters. The first-order valence-corrected chi connectivity index (χ1v) is 7.81. The normalized spacial score (nSPS) is 33.4. The number of pyridine rings is 1. The summed E-state index contributed by atoms with van der Waals surface area (Å²) in [7, 11) is 0. The number of aromatic nitrogens is 1. The van der Waals surface area contributed by atoms with E-state index in [1.807, 2.05) is 6.20 Å². The second-order valence-corrected chi connectivity index (χ2v) is 7.00. The molecule has 0 saturated heterocycles. The van der Waals surface area contributed by atoms with Gasteiger partial charge in [0.1, 0.15) is 0 Å². The Morgan fingerprint density at radius 2 is 2.17 bits per heavy atom. The first-order chi connectivity index (χ1) is 8.71. The van der Waals surface area contributed by atoms with Crippen LogP contribution >= 0.6 is 15.9 Å². The average molecular weight is 309 g/mol. The monoisotopic (exact) mass is 308 g/mol. The predicted molar refractivity (Wildman–Crippen MR) is 77.4 cm³/mol. The SMILES string of the molecule is CCNCC1(Cc2ccc(Br)cn2)CC2CC2C1. The van der Waals surface area contributed by atoms with E-state index in [0.717, 1.165) is 35.8 Å². The molecule has 1 N–H and O–H groups in total. The summed E-state index contributed by atoms with van der Waals surface area (Å²) in [6.45, 7) is 4.43. The second-order valence-electron chi connectivity index (χ2n) is 6.09. The fourth-order valence-electron chi connectivity index (χ4n) is 3.64. The molecule has 0 aromatic carbocycles. The van der Waals surface area contributed by atoms with E-state index in [1.165, 1.54) is 25.0 Å². The van der Waals surface area contributed by atoms with E-state index < -0.39 is 0 Å². The van der Waals surface area contributed by atoms with Crippen molar-refractivity contribution in [3.63, 3.8) is 0 Å². The molecule has 1 heterocycles. The highest BCUT2D eigenvalue weighted by atomic mass is 79.9. The third kappa shape index (κ3) is 2.62. The summed E-state index contributed by atoms with van der Waals surface area (Å²) in [5, 5.41) is 3.57. The molecular formula is C15H21BrN2. The quantitative estimate of drug-likeness (QED) is 0.901. The van der Waals surface area contributed by atoms with Crippen LogP contribution in [0.15, 0.2) is 22.8 Å². The van der Waals surface area contributed by atoms with E-state index in [4.69, 9.17) is 0 Å². The van der Waals surface area contributed by atoms with Gasteiger partial charge in [0.25, 0.3) is 0 Å². The maximum Gasteiger partial charge on any atom is 0.0413 e. The molecule has 2 saturated carbocycles. The van der Waals surface area contributed by atoms with Gasteiger partial charge in [-0.15, -0.1) is 0 Å². The van der Waals surface area contributed by atoms with Crippen LogP contribution in [0.4, 0.5) is 0 Å². The summed E-state index contributed by atoms with van der Waals surface area (Å²) < 4.78 is 1.07. The zero-order valence-corrected chi connectivity index (χ0v) is 12.5. The van der Waals surface area contributed by atoms with Crippen LogP contribution in [-0.2, 0) is 6.42 Å². The zero-order chi connectivity index (χ0) is 12.6. The van der Waals surface area contributed by atoms with Gasteiger partial charge in [-0.1, -0.05) is 6.92 Å². The maximum atomic E-state index is 4.56. The standard InChI is InChI=1S/C15H21BrN2/c1-2-17-10-15(6-11-5-12(11)7-15)8-14-4-3-13(16)9-18-14/h3-4,9,11-12,17H,2,5-8,10H2,1H3. The number of fused-ring (bicyclic) bond motifs is 1. The van der Waals surface area contributed by atoms with Crippen molar-refractivity contribution in [1.29, 1.82) is 0 Å². The first kappa shape index (κ1) is 12.6. The lowest BCUT2D eigenvalue weighted by atomic mass is 9.78. The van der Waals surface area contributed by atoms with Crippen molar-refractivity contribution in [3.05, 3.63) is 28.5 Å². The highest BCUT2D eigenvalue weighted by molar-refractivity contribution is 9.10. The van der Waals surface area contributed by atoms with Crippen LogP contribution in [0, 0.1) is 17.3 Å². The maximum absolute atomic E-state index is 4.56. The molecule has 98 valence electrons. The van der Waals surface area contributed by atoms with Crippen LogP contribution in [0.2, 0.25) is 0 Å². The van der Waals surface area contributed by atoms with Gasteiger partial charge in [-0.2, -0.15) is 0 Å². The number of hydrogen-bond acceptors (Lipinski definition) is 2. The number of nitrogens with one attached hydrogen (secondary N) is 1. The van der Waals surface area contributed by atoms with Crippen LogP contribution < -0.4 is 5.32 Å². The number of hydrogen-bond donors (Lipinski definition) is 1. The van der Waals surface area contributed by atoms with Gasteiger partial charge in [0, 0.05) is 22.9 Å². The Bertz CT molecular complexity index is 405. The highest BCUT2D eigenvalue weighted by Crippen LogP contribution is 2.60. The molecule has 3 heteroatoms. The Morgan fingerprint density at radius 1 is 1.39 bits per heavy atom. The van der Waals surface area contributed by atoms with Gasteiger partial charge >= 0.3 is 0 Å². The summed E-state index contributed by atoms with van der Waals surface area (Å²) in [4.78, 5) is 4.56. The highest BCUT2D eigenvalue weighted by Gasteiger charge is 2.53. The molecule has 1 aromatic rings. The molecule has 0 amide bonds. The van der Waals surface area contributed by atoms with E-state index in [1.54, 1.807) is 0 Å². The molecule has 2 aliphatic rings. The summed E-state index contributed by atoms with van der Waals surface area (Å²) in [6.07, 6.45) is 7.36. The van der Waals surface area contributed by atoms with E-state index in [2.05, 4.69) is 45.3 Å². The number of rotatable bonds is 5. The smallest absolute Gasteiger partial charge is 0.0413 e. The Morgan fingerprint density at radius 3 is 2.78 bits per heavy atom. The summed E-state index contributed by atoms with van der Waals surface area (Å²) >= 11 is 3.46. The van der Waals surface area contributed by atoms with Crippen molar-refractivity contribution in [1.82, 2.24) is 10.3 Å². The molecule has 3 rings (SSSR count). The minimum atomic E-state index is 0.477. The second kappa shape index (κ2) is 4.93. The Kier molecular flexibility index (Phi) is 3.46. The summed E-state index contributed by atoms with van der Waals surface area (Å²) in [5.41, 5.74) is 1.72. The molecule has 1 aromatic heterocycles. The van der Waals surface area contributed by atoms with E-state index in [-0.39, 0.29) is 0 Å². The Labute approximate surface area is 118 Å². The lowest BCUT2D eigenvalue weighted by Crippen LogP contribution is -2.35. The van der Waals surface area contributed by atoms with Crippen molar-refractivity contribution < 1.29 is 0 Å². The molecule has 2 nitrogen and oxygen atoms in total. The molecule has 0 radical (unpaired) electrons. The van der Waals surface area contributed by atoms with Crippen LogP contribution in [0.3, 0.4) is 0 Å². The van der Waals surface area contributed by atoms with Crippen molar-refractivity contribution in [2.24, 2.45) is 17.3 Å². The van der Waals surface area contributed by atoms with E-state index >= 15 is 0 Å². The summed E-state index contributed by atoms with van der Waals surface area (Å²) in [5.74, 6) is 2.05. The van der Waals surface area contributed by atoms with Gasteiger partial charge in [0.2, 0.25) is 0 Å². The van der Waals surface area contributed by atoms with Gasteiger partial charge in [0.05, 0.1) is 0 Å².